The van der Waals surface area contributed by atoms with Crippen molar-refractivity contribution in [3.05, 3.63) is 29.8 Å². The van der Waals surface area contributed by atoms with Crippen LogP contribution in [0.4, 0.5) is 4.79 Å². The zero-order valence-corrected chi connectivity index (χ0v) is 16.3. The summed E-state index contributed by atoms with van der Waals surface area (Å²) >= 11 is 0. The van der Waals surface area contributed by atoms with Crippen molar-refractivity contribution in [2.24, 2.45) is 5.92 Å². The summed E-state index contributed by atoms with van der Waals surface area (Å²) in [6.07, 6.45) is 1.94. The quantitative estimate of drug-likeness (QED) is 0.787. The van der Waals surface area contributed by atoms with Crippen molar-refractivity contribution in [3.8, 4) is 5.75 Å². The van der Waals surface area contributed by atoms with Gasteiger partial charge >= 0.3 is 6.09 Å². The van der Waals surface area contributed by atoms with Crippen LogP contribution in [-0.4, -0.2) is 85.2 Å². The lowest BCUT2D eigenvalue weighted by atomic mass is 9.75. The number of nitrogens with zero attached hydrogens (tertiary/aromatic N) is 3. The van der Waals surface area contributed by atoms with Crippen LogP contribution in [-0.2, 0) is 9.53 Å². The minimum atomic E-state index is -0.373. The lowest BCUT2D eigenvalue weighted by Crippen LogP contribution is -2.61. The van der Waals surface area contributed by atoms with E-state index < -0.39 is 0 Å². The number of fused-ring (bicyclic) bond motifs is 2. The van der Waals surface area contributed by atoms with E-state index in [-0.39, 0.29) is 30.5 Å². The molecule has 0 unspecified atom stereocenters. The molecule has 3 atom stereocenters. The molecule has 1 aromatic carbocycles. The minimum absolute atomic E-state index is 0.0491. The van der Waals surface area contributed by atoms with Crippen LogP contribution in [0.25, 0.3) is 0 Å². The maximum absolute atomic E-state index is 13.2. The number of ether oxygens (including phenoxy) is 2. The van der Waals surface area contributed by atoms with Crippen LogP contribution in [0.5, 0.6) is 5.75 Å². The fraction of sp³-hybridized carbons (Fsp3) is 0.619. The Bertz CT molecular complexity index is 777. The second kappa shape index (κ2) is 6.95. The lowest BCUT2D eigenvalue weighted by Gasteiger charge is -2.51. The van der Waals surface area contributed by atoms with Crippen molar-refractivity contribution >= 4 is 12.0 Å². The molecule has 0 aromatic heterocycles. The molecule has 0 N–H and O–H groups in total. The number of likely N-dealkylation sites (tertiary alicyclic amines) is 1. The number of carbonyl (C=O) groups excluding carboxylic acids is 2. The molecule has 7 nitrogen and oxygen atoms in total. The van der Waals surface area contributed by atoms with Crippen molar-refractivity contribution in [3.63, 3.8) is 0 Å². The van der Waals surface area contributed by atoms with Crippen LogP contribution in [0.2, 0.25) is 0 Å². The molecule has 0 aliphatic carbocycles. The summed E-state index contributed by atoms with van der Waals surface area (Å²) in [5, 5.41) is 0. The van der Waals surface area contributed by atoms with Crippen LogP contribution >= 0.6 is 0 Å². The molecule has 28 heavy (non-hydrogen) atoms. The standard InChI is InChI=1S/C21H27N3O4/c1-27-16-4-2-3-15(11-16)17-12-24(18(25)13-23-9-10-28-21(23)26)19-14-5-7-22(8-6-14)20(17)19/h2-4,11,14,17,19-20H,5-10,12-13H2,1H3/t17-,19+,20+/m0/s1. The van der Waals surface area contributed by atoms with Gasteiger partial charge < -0.3 is 14.4 Å². The van der Waals surface area contributed by atoms with E-state index in [0.29, 0.717) is 31.7 Å². The Labute approximate surface area is 165 Å². The molecule has 5 aliphatic rings. The molecule has 7 heteroatoms. The zero-order valence-electron chi connectivity index (χ0n) is 16.3. The highest BCUT2D eigenvalue weighted by Gasteiger charge is 2.54. The number of carbonyl (C=O) groups is 2. The average molecular weight is 385 g/mol. The van der Waals surface area contributed by atoms with Gasteiger partial charge in [-0.15, -0.1) is 0 Å². The van der Waals surface area contributed by atoms with E-state index in [2.05, 4.69) is 21.9 Å². The zero-order chi connectivity index (χ0) is 19.3. The highest BCUT2D eigenvalue weighted by molar-refractivity contribution is 5.83. The van der Waals surface area contributed by atoms with Gasteiger partial charge in [-0.05, 0) is 49.5 Å². The highest BCUT2D eigenvalue weighted by Crippen LogP contribution is 2.46. The largest absolute Gasteiger partial charge is 0.497 e. The van der Waals surface area contributed by atoms with E-state index in [9.17, 15) is 9.59 Å². The molecule has 5 heterocycles. The first kappa shape index (κ1) is 17.8. The van der Waals surface area contributed by atoms with E-state index >= 15 is 0 Å². The van der Waals surface area contributed by atoms with Crippen molar-refractivity contribution in [2.75, 3.05) is 46.4 Å². The summed E-state index contributed by atoms with van der Waals surface area (Å²) in [6.45, 7) is 3.94. The van der Waals surface area contributed by atoms with E-state index in [0.717, 1.165) is 31.7 Å². The Morgan fingerprint density at radius 1 is 1.21 bits per heavy atom. The van der Waals surface area contributed by atoms with Gasteiger partial charge in [0.05, 0.1) is 19.7 Å². The fourth-order valence-corrected chi connectivity index (χ4v) is 5.69. The maximum Gasteiger partial charge on any atom is 0.410 e. The number of amides is 2. The second-order valence-corrected chi connectivity index (χ2v) is 8.32. The Hall–Kier alpha value is -2.28. The van der Waals surface area contributed by atoms with Crippen LogP contribution in [0, 0.1) is 5.92 Å². The first-order valence-corrected chi connectivity index (χ1v) is 10.2. The molecule has 0 saturated carbocycles. The molecule has 0 radical (unpaired) electrons. The molecule has 150 valence electrons. The molecule has 5 fully saturated rings. The Morgan fingerprint density at radius 3 is 2.75 bits per heavy atom. The van der Waals surface area contributed by atoms with Crippen LogP contribution in [0.15, 0.2) is 24.3 Å². The van der Waals surface area contributed by atoms with Gasteiger partial charge in [-0.1, -0.05) is 12.1 Å². The number of hydrogen-bond acceptors (Lipinski definition) is 5. The van der Waals surface area contributed by atoms with E-state index in [1.54, 1.807) is 7.11 Å². The average Bonchev–Trinajstić information content (AvgIpc) is 3.34. The van der Waals surface area contributed by atoms with Gasteiger partial charge in [-0.3, -0.25) is 14.6 Å². The summed E-state index contributed by atoms with van der Waals surface area (Å²) in [7, 11) is 1.69. The first-order chi connectivity index (χ1) is 13.7. The van der Waals surface area contributed by atoms with Crippen molar-refractivity contribution in [1.82, 2.24) is 14.7 Å². The van der Waals surface area contributed by atoms with Gasteiger partial charge in [0.2, 0.25) is 5.91 Å². The Morgan fingerprint density at radius 2 is 2.04 bits per heavy atom. The Kier molecular flexibility index (Phi) is 4.42. The Balaban J connectivity index is 1.43. The number of rotatable bonds is 4. The van der Waals surface area contributed by atoms with Gasteiger partial charge in [0.15, 0.2) is 0 Å². The van der Waals surface area contributed by atoms with Crippen LogP contribution in [0.3, 0.4) is 0 Å². The minimum Gasteiger partial charge on any atom is -0.497 e. The fourth-order valence-electron chi connectivity index (χ4n) is 5.69. The number of hydrogen-bond donors (Lipinski definition) is 0. The molecule has 6 rings (SSSR count). The SMILES string of the molecule is COc1cccc([C@@H]2CN(C(=O)CN3CCOC3=O)[C@@H]3C4CCN(CC4)[C@@H]32)c1. The number of benzene rings is 1. The van der Waals surface area contributed by atoms with Crippen molar-refractivity contribution < 1.29 is 19.1 Å². The third-order valence-electron chi connectivity index (χ3n) is 7.01. The lowest BCUT2D eigenvalue weighted by molar-refractivity contribution is -0.136. The molecular weight excluding hydrogens is 358 g/mol. The molecule has 2 amide bonds. The summed E-state index contributed by atoms with van der Waals surface area (Å²) < 4.78 is 10.4. The molecular formula is C21H27N3O4. The number of piperidine rings is 3. The summed E-state index contributed by atoms with van der Waals surface area (Å²) in [5.74, 6) is 1.74. The highest BCUT2D eigenvalue weighted by atomic mass is 16.6. The second-order valence-electron chi connectivity index (χ2n) is 8.32. The van der Waals surface area contributed by atoms with Gasteiger partial charge in [-0.2, -0.15) is 0 Å². The van der Waals surface area contributed by atoms with E-state index in [1.807, 2.05) is 12.1 Å². The van der Waals surface area contributed by atoms with E-state index in [4.69, 9.17) is 9.47 Å². The van der Waals surface area contributed by atoms with Crippen LogP contribution < -0.4 is 4.74 Å². The molecule has 0 spiro atoms. The topological polar surface area (TPSA) is 62.3 Å². The predicted octanol–water partition coefficient (Wildman–Crippen LogP) is 1.54. The molecule has 1 aromatic rings. The third kappa shape index (κ3) is 2.83. The molecule has 2 bridgehead atoms. The van der Waals surface area contributed by atoms with Crippen LogP contribution in [0.1, 0.15) is 24.3 Å². The first-order valence-electron chi connectivity index (χ1n) is 10.2. The summed E-state index contributed by atoms with van der Waals surface area (Å²) in [6, 6.07) is 8.85. The smallest absolute Gasteiger partial charge is 0.410 e. The number of methoxy groups -OCH3 is 1. The van der Waals surface area contributed by atoms with Gasteiger partial charge in [0.1, 0.15) is 18.9 Å². The third-order valence-corrected chi connectivity index (χ3v) is 7.01. The monoisotopic (exact) mass is 385 g/mol. The predicted molar refractivity (Wildman–Crippen MR) is 102 cm³/mol. The van der Waals surface area contributed by atoms with Crippen molar-refractivity contribution in [2.45, 2.75) is 30.8 Å². The van der Waals surface area contributed by atoms with Crippen molar-refractivity contribution in [1.29, 1.82) is 0 Å². The van der Waals surface area contributed by atoms with Gasteiger partial charge in [0, 0.05) is 18.5 Å². The van der Waals surface area contributed by atoms with Gasteiger partial charge in [-0.25, -0.2) is 4.79 Å². The maximum atomic E-state index is 13.2. The van der Waals surface area contributed by atoms with E-state index in [1.165, 1.54) is 10.5 Å². The van der Waals surface area contributed by atoms with Gasteiger partial charge in [0.25, 0.3) is 0 Å². The number of cyclic esters (lactones) is 1. The summed E-state index contributed by atoms with van der Waals surface area (Å²) in [4.78, 5) is 31.2. The summed E-state index contributed by atoms with van der Waals surface area (Å²) in [5.41, 5.74) is 1.23. The normalized spacial score (nSPS) is 33.8. The molecule has 5 aliphatic heterocycles. The molecule has 5 saturated heterocycles.